The molecule has 1 aromatic heterocycles. The quantitative estimate of drug-likeness (QED) is 0.411. The molecule has 8 heteroatoms. The summed E-state index contributed by atoms with van der Waals surface area (Å²) in [6.45, 7) is 6.33. The Morgan fingerprint density at radius 3 is 2.51 bits per heavy atom. The van der Waals surface area contributed by atoms with Gasteiger partial charge in [0.25, 0.3) is 0 Å². The van der Waals surface area contributed by atoms with Crippen molar-refractivity contribution in [3.63, 3.8) is 0 Å². The number of benzene rings is 2. The summed E-state index contributed by atoms with van der Waals surface area (Å²) >= 11 is 1.48. The Kier molecular flexibility index (Phi) is 7.00. The molecule has 1 amide bonds. The third-order valence-electron chi connectivity index (χ3n) is 6.80. The van der Waals surface area contributed by atoms with Crippen LogP contribution in [0.25, 0.3) is 0 Å². The third kappa shape index (κ3) is 5.32. The van der Waals surface area contributed by atoms with E-state index in [4.69, 9.17) is 4.74 Å². The Hall–Kier alpha value is -3.00. The Morgan fingerprint density at radius 2 is 1.83 bits per heavy atom. The van der Waals surface area contributed by atoms with E-state index >= 15 is 0 Å². The van der Waals surface area contributed by atoms with Crippen LogP contribution < -0.4 is 15.0 Å². The number of aromatic nitrogens is 3. The van der Waals surface area contributed by atoms with Gasteiger partial charge in [-0.2, -0.15) is 0 Å². The molecule has 1 N–H and O–H groups in total. The van der Waals surface area contributed by atoms with Gasteiger partial charge in [0.2, 0.25) is 11.9 Å². The molecular weight excluding hydrogens is 458 g/mol. The van der Waals surface area contributed by atoms with Crippen LogP contribution >= 0.6 is 11.8 Å². The van der Waals surface area contributed by atoms with Crippen LogP contribution in [0.15, 0.2) is 53.7 Å². The van der Waals surface area contributed by atoms with E-state index < -0.39 is 5.25 Å². The normalized spacial score (nSPS) is 17.3. The zero-order valence-electron chi connectivity index (χ0n) is 20.6. The molecule has 7 nitrogen and oxygen atoms in total. The van der Waals surface area contributed by atoms with Gasteiger partial charge in [-0.25, -0.2) is 0 Å². The molecule has 1 atom stereocenters. The highest BCUT2D eigenvalue weighted by atomic mass is 32.2. The molecule has 2 aromatic carbocycles. The summed E-state index contributed by atoms with van der Waals surface area (Å²) in [5, 5.41) is 12.7. The molecule has 0 bridgehead atoms. The smallest absolute Gasteiger partial charge is 0.242 e. The van der Waals surface area contributed by atoms with Crippen molar-refractivity contribution in [3.05, 3.63) is 59.7 Å². The van der Waals surface area contributed by atoms with Crippen molar-refractivity contribution in [1.82, 2.24) is 14.8 Å². The second kappa shape index (κ2) is 10.3. The van der Waals surface area contributed by atoms with Crippen LogP contribution in [-0.4, -0.2) is 40.9 Å². The van der Waals surface area contributed by atoms with Crippen molar-refractivity contribution < 1.29 is 9.53 Å². The lowest BCUT2D eigenvalue weighted by Crippen LogP contribution is -2.34. The zero-order valence-corrected chi connectivity index (χ0v) is 21.4. The number of amides is 1. The lowest BCUT2D eigenvalue weighted by molar-refractivity contribution is -0.115. The summed E-state index contributed by atoms with van der Waals surface area (Å²) in [6.07, 6.45) is 4.61. The predicted molar refractivity (Wildman–Crippen MR) is 140 cm³/mol. The van der Waals surface area contributed by atoms with E-state index in [-0.39, 0.29) is 5.91 Å². The topological polar surface area (TPSA) is 72.3 Å². The standard InChI is InChI=1S/C27H33N5O2S/c1-18-13-15-31(16-14-18)26-29-30-27(32(26)21-10-11-21)35-24(20-7-5-4-6-8-20)25(33)28-22-17-19(2)9-12-23(22)34-3/h4-9,12,17-18,21,24H,10-11,13-16H2,1-3H3,(H,28,33). The minimum atomic E-state index is -0.475. The number of carbonyl (C=O) groups is 1. The summed E-state index contributed by atoms with van der Waals surface area (Å²) in [5.41, 5.74) is 2.66. The number of nitrogens with zero attached hydrogens (tertiary/aromatic N) is 4. The highest BCUT2D eigenvalue weighted by Gasteiger charge is 2.35. The first-order valence-electron chi connectivity index (χ1n) is 12.4. The van der Waals surface area contributed by atoms with Crippen LogP contribution in [0.3, 0.4) is 0 Å². The number of hydrogen-bond acceptors (Lipinski definition) is 6. The Morgan fingerprint density at radius 1 is 1.09 bits per heavy atom. The maximum Gasteiger partial charge on any atom is 0.242 e. The van der Waals surface area contributed by atoms with Gasteiger partial charge in [-0.3, -0.25) is 9.36 Å². The lowest BCUT2D eigenvalue weighted by Gasteiger charge is -2.31. The van der Waals surface area contributed by atoms with Gasteiger partial charge in [0.15, 0.2) is 5.16 Å². The Balaban J connectivity index is 1.44. The molecule has 1 unspecified atom stereocenters. The van der Waals surface area contributed by atoms with Crippen molar-refractivity contribution in [2.75, 3.05) is 30.4 Å². The summed E-state index contributed by atoms with van der Waals surface area (Å²) < 4.78 is 7.76. The molecule has 2 heterocycles. The summed E-state index contributed by atoms with van der Waals surface area (Å²) in [4.78, 5) is 16.0. The lowest BCUT2D eigenvalue weighted by atomic mass is 10.00. The second-order valence-corrected chi connectivity index (χ2v) is 10.7. The zero-order chi connectivity index (χ0) is 24.4. The van der Waals surface area contributed by atoms with Crippen LogP contribution in [0.2, 0.25) is 0 Å². The number of piperidine rings is 1. The number of nitrogens with one attached hydrogen (secondary N) is 1. The minimum absolute atomic E-state index is 0.108. The second-order valence-electron chi connectivity index (χ2n) is 9.65. The molecule has 1 aliphatic heterocycles. The monoisotopic (exact) mass is 491 g/mol. The van der Waals surface area contributed by atoms with Gasteiger partial charge in [-0.05, 0) is 61.8 Å². The van der Waals surface area contributed by atoms with Gasteiger partial charge in [-0.1, -0.05) is 55.1 Å². The number of thioether (sulfide) groups is 1. The Labute approximate surface area is 211 Å². The molecule has 2 aliphatic rings. The van der Waals surface area contributed by atoms with Crippen molar-refractivity contribution in [3.8, 4) is 5.75 Å². The molecule has 3 aromatic rings. The summed E-state index contributed by atoms with van der Waals surface area (Å²) in [7, 11) is 1.62. The van der Waals surface area contributed by atoms with Crippen molar-refractivity contribution in [2.24, 2.45) is 5.92 Å². The van der Waals surface area contributed by atoms with Crippen LogP contribution in [0.4, 0.5) is 11.6 Å². The number of anilines is 2. The van der Waals surface area contributed by atoms with Crippen molar-refractivity contribution >= 4 is 29.3 Å². The van der Waals surface area contributed by atoms with E-state index in [2.05, 4.69) is 31.9 Å². The van der Waals surface area contributed by atoms with Gasteiger partial charge in [0.1, 0.15) is 11.0 Å². The molecule has 1 aliphatic carbocycles. The molecule has 35 heavy (non-hydrogen) atoms. The molecule has 0 spiro atoms. The van der Waals surface area contributed by atoms with Gasteiger partial charge < -0.3 is 15.0 Å². The molecule has 2 fully saturated rings. The van der Waals surface area contributed by atoms with E-state index in [0.717, 1.165) is 54.1 Å². The highest BCUT2D eigenvalue weighted by molar-refractivity contribution is 8.00. The van der Waals surface area contributed by atoms with E-state index in [1.165, 1.54) is 24.6 Å². The van der Waals surface area contributed by atoms with Crippen LogP contribution in [0, 0.1) is 12.8 Å². The number of rotatable bonds is 8. The molecule has 0 radical (unpaired) electrons. The van der Waals surface area contributed by atoms with Gasteiger partial charge in [-0.15, -0.1) is 10.2 Å². The predicted octanol–water partition coefficient (Wildman–Crippen LogP) is 5.64. The van der Waals surface area contributed by atoms with Crippen LogP contribution in [-0.2, 0) is 4.79 Å². The van der Waals surface area contributed by atoms with Crippen molar-refractivity contribution in [2.45, 2.75) is 56.0 Å². The largest absolute Gasteiger partial charge is 0.495 e. The van der Waals surface area contributed by atoms with Crippen LogP contribution in [0.1, 0.15) is 55.0 Å². The molecular formula is C27H33N5O2S. The SMILES string of the molecule is COc1ccc(C)cc1NC(=O)C(Sc1nnc(N2CCC(C)CC2)n1C1CC1)c1ccccc1. The molecule has 1 saturated heterocycles. The summed E-state index contributed by atoms with van der Waals surface area (Å²) in [5.74, 6) is 2.24. The first-order valence-corrected chi connectivity index (χ1v) is 13.3. The first-order chi connectivity index (χ1) is 17.0. The van der Waals surface area contributed by atoms with E-state index in [1.54, 1.807) is 7.11 Å². The molecule has 1 saturated carbocycles. The number of hydrogen-bond donors (Lipinski definition) is 1. The van der Waals surface area contributed by atoms with Gasteiger partial charge >= 0.3 is 0 Å². The fourth-order valence-electron chi connectivity index (χ4n) is 4.55. The number of ether oxygens (including phenoxy) is 1. The van der Waals surface area contributed by atoms with E-state index in [1.807, 2.05) is 55.5 Å². The number of aryl methyl sites for hydroxylation is 1. The van der Waals surface area contributed by atoms with E-state index in [9.17, 15) is 4.79 Å². The highest BCUT2D eigenvalue weighted by Crippen LogP contribution is 2.45. The fourth-order valence-corrected chi connectivity index (χ4v) is 5.65. The summed E-state index contributed by atoms with van der Waals surface area (Å²) in [6, 6.07) is 16.1. The van der Waals surface area contributed by atoms with E-state index in [0.29, 0.717) is 17.5 Å². The van der Waals surface area contributed by atoms with Gasteiger partial charge in [0.05, 0.1) is 12.8 Å². The molecule has 184 valence electrons. The maximum absolute atomic E-state index is 13.7. The van der Waals surface area contributed by atoms with Crippen molar-refractivity contribution in [1.29, 1.82) is 0 Å². The average Bonchev–Trinajstić information content (AvgIpc) is 3.62. The first kappa shape index (κ1) is 23.7. The number of methoxy groups -OCH3 is 1. The van der Waals surface area contributed by atoms with Crippen LogP contribution in [0.5, 0.6) is 5.75 Å². The number of carbonyl (C=O) groups excluding carboxylic acids is 1. The van der Waals surface area contributed by atoms with Gasteiger partial charge in [0, 0.05) is 19.1 Å². The maximum atomic E-state index is 13.7. The fraction of sp³-hybridized carbons (Fsp3) is 0.444. The third-order valence-corrected chi connectivity index (χ3v) is 8.01. The molecule has 5 rings (SSSR count). The average molecular weight is 492 g/mol. The Bertz CT molecular complexity index is 1170. The minimum Gasteiger partial charge on any atom is -0.495 e.